The number of carbonyl (C=O) groups is 3. The maximum Gasteiger partial charge on any atom is 0.322 e. The molecule has 2 saturated heterocycles. The van der Waals surface area contributed by atoms with Gasteiger partial charge in [-0.25, -0.2) is 4.79 Å². The third-order valence-corrected chi connectivity index (χ3v) is 5.89. The average Bonchev–Trinajstić information content (AvgIpc) is 2.88. The lowest BCUT2D eigenvalue weighted by Gasteiger charge is -2.37. The molecule has 0 aliphatic carbocycles. The Hall–Kier alpha value is -1.99. The van der Waals surface area contributed by atoms with Gasteiger partial charge in [-0.3, -0.25) is 14.9 Å². The summed E-state index contributed by atoms with van der Waals surface area (Å²) < 4.78 is 0. The molecule has 2 aliphatic heterocycles. The summed E-state index contributed by atoms with van der Waals surface area (Å²) in [5, 5.41) is 5.83. The van der Waals surface area contributed by atoms with Gasteiger partial charge in [0.05, 0.1) is 10.0 Å². The van der Waals surface area contributed by atoms with Crippen molar-refractivity contribution in [2.24, 2.45) is 0 Å². The Balaban J connectivity index is 1.55. The molecule has 2 fully saturated rings. The summed E-state index contributed by atoms with van der Waals surface area (Å²) in [6.07, 6.45) is 0.478. The first-order chi connectivity index (χ1) is 12.7. The van der Waals surface area contributed by atoms with Crippen LogP contribution in [0.1, 0.15) is 25.3 Å². The van der Waals surface area contributed by atoms with Crippen LogP contribution in [0.2, 0.25) is 10.0 Å². The molecule has 2 heterocycles. The largest absolute Gasteiger partial charge is 0.368 e. The standard InChI is InChI=1S/C18H22Cl2N4O3/c1-11-9-12(19)13(20)10-14(11)23-5-7-24(8-6-23)15(25)3-4-18(2)16(26)21-17(27)22-18/h9-10H,3-8H2,1-2H3,(H2,21,22,26,27). The van der Waals surface area contributed by atoms with Gasteiger partial charge >= 0.3 is 6.03 Å². The van der Waals surface area contributed by atoms with Gasteiger partial charge in [-0.1, -0.05) is 23.2 Å². The van der Waals surface area contributed by atoms with Crippen LogP contribution in [-0.4, -0.2) is 54.5 Å². The van der Waals surface area contributed by atoms with Gasteiger partial charge in [-0.05, 0) is 38.0 Å². The minimum Gasteiger partial charge on any atom is -0.368 e. The fourth-order valence-electron chi connectivity index (χ4n) is 3.44. The number of piperazine rings is 1. The molecule has 7 nitrogen and oxygen atoms in total. The first kappa shape index (κ1) is 19.8. The van der Waals surface area contributed by atoms with Gasteiger partial charge in [0.15, 0.2) is 0 Å². The first-order valence-corrected chi connectivity index (χ1v) is 9.57. The number of imide groups is 1. The molecule has 1 aromatic rings. The van der Waals surface area contributed by atoms with Gasteiger partial charge in [0, 0.05) is 38.3 Å². The van der Waals surface area contributed by atoms with Gasteiger partial charge in [0.2, 0.25) is 5.91 Å². The topological polar surface area (TPSA) is 81.8 Å². The van der Waals surface area contributed by atoms with Crippen LogP contribution in [0.4, 0.5) is 10.5 Å². The number of nitrogens with zero attached hydrogens (tertiary/aromatic N) is 2. The SMILES string of the molecule is Cc1cc(Cl)c(Cl)cc1N1CCN(C(=O)CCC2(C)NC(=O)NC2=O)CC1. The second kappa shape index (κ2) is 7.56. The molecule has 2 N–H and O–H groups in total. The van der Waals surface area contributed by atoms with E-state index in [2.05, 4.69) is 15.5 Å². The quantitative estimate of drug-likeness (QED) is 0.743. The lowest BCUT2D eigenvalue weighted by Crippen LogP contribution is -2.50. The Morgan fingerprint density at radius 3 is 2.37 bits per heavy atom. The normalized spacial score (nSPS) is 22.7. The minimum absolute atomic E-state index is 0.0179. The molecule has 0 saturated carbocycles. The number of hydrogen-bond donors (Lipinski definition) is 2. The number of aryl methyl sites for hydroxylation is 1. The number of hydrogen-bond acceptors (Lipinski definition) is 4. The number of anilines is 1. The second-order valence-electron chi connectivity index (χ2n) is 7.16. The molecule has 1 atom stereocenters. The highest BCUT2D eigenvalue weighted by atomic mass is 35.5. The van der Waals surface area contributed by atoms with E-state index >= 15 is 0 Å². The number of nitrogens with one attached hydrogen (secondary N) is 2. The zero-order valence-electron chi connectivity index (χ0n) is 15.3. The monoisotopic (exact) mass is 412 g/mol. The van der Waals surface area contributed by atoms with E-state index in [-0.39, 0.29) is 24.7 Å². The van der Waals surface area contributed by atoms with E-state index in [9.17, 15) is 14.4 Å². The highest BCUT2D eigenvalue weighted by Gasteiger charge is 2.42. The molecule has 1 unspecified atom stereocenters. The molecular weight excluding hydrogens is 391 g/mol. The number of urea groups is 1. The Morgan fingerprint density at radius 1 is 1.15 bits per heavy atom. The predicted molar refractivity (Wildman–Crippen MR) is 104 cm³/mol. The minimum atomic E-state index is -1.02. The Morgan fingerprint density at radius 2 is 1.78 bits per heavy atom. The van der Waals surface area contributed by atoms with Crippen LogP contribution in [0.5, 0.6) is 0 Å². The third kappa shape index (κ3) is 4.14. The summed E-state index contributed by atoms with van der Waals surface area (Å²) in [4.78, 5) is 39.6. The summed E-state index contributed by atoms with van der Waals surface area (Å²) in [6, 6.07) is 3.19. The molecule has 146 valence electrons. The van der Waals surface area contributed by atoms with Crippen molar-refractivity contribution in [1.29, 1.82) is 0 Å². The van der Waals surface area contributed by atoms with Crippen LogP contribution in [0.15, 0.2) is 12.1 Å². The number of carbonyl (C=O) groups excluding carboxylic acids is 3. The maximum absolute atomic E-state index is 12.5. The molecule has 0 aromatic heterocycles. The summed E-state index contributed by atoms with van der Waals surface area (Å²) >= 11 is 12.2. The zero-order chi connectivity index (χ0) is 19.8. The lowest BCUT2D eigenvalue weighted by molar-refractivity contribution is -0.132. The Kier molecular flexibility index (Phi) is 5.53. The van der Waals surface area contributed by atoms with Crippen molar-refractivity contribution in [1.82, 2.24) is 15.5 Å². The van der Waals surface area contributed by atoms with Crippen LogP contribution in [0.25, 0.3) is 0 Å². The van der Waals surface area contributed by atoms with Crippen molar-refractivity contribution >= 4 is 46.7 Å². The fraction of sp³-hybridized carbons (Fsp3) is 0.500. The predicted octanol–water partition coefficient (Wildman–Crippen LogP) is 2.33. The molecule has 0 radical (unpaired) electrons. The fourth-order valence-corrected chi connectivity index (χ4v) is 3.82. The van der Waals surface area contributed by atoms with Crippen molar-refractivity contribution in [3.05, 3.63) is 27.7 Å². The van der Waals surface area contributed by atoms with E-state index in [0.29, 0.717) is 36.2 Å². The lowest BCUT2D eigenvalue weighted by atomic mass is 9.96. The summed E-state index contributed by atoms with van der Waals surface area (Å²) in [5.74, 6) is -0.407. The second-order valence-corrected chi connectivity index (χ2v) is 7.98. The van der Waals surface area contributed by atoms with E-state index in [4.69, 9.17) is 23.2 Å². The van der Waals surface area contributed by atoms with Gasteiger partial charge in [0.25, 0.3) is 5.91 Å². The highest BCUT2D eigenvalue weighted by Crippen LogP contribution is 2.31. The van der Waals surface area contributed by atoms with Crippen molar-refractivity contribution in [3.8, 4) is 0 Å². The van der Waals surface area contributed by atoms with Gasteiger partial charge in [-0.2, -0.15) is 0 Å². The van der Waals surface area contributed by atoms with Crippen molar-refractivity contribution in [3.63, 3.8) is 0 Å². The molecule has 1 aromatic carbocycles. The molecule has 0 spiro atoms. The molecule has 0 bridgehead atoms. The maximum atomic E-state index is 12.5. The summed E-state index contributed by atoms with van der Waals surface area (Å²) in [7, 11) is 0. The molecule has 9 heteroatoms. The van der Waals surface area contributed by atoms with Gasteiger partial charge in [-0.15, -0.1) is 0 Å². The molecule has 3 rings (SSSR count). The van der Waals surface area contributed by atoms with E-state index < -0.39 is 11.6 Å². The van der Waals surface area contributed by atoms with Crippen molar-refractivity contribution in [2.75, 3.05) is 31.1 Å². The Labute approximate surface area is 168 Å². The van der Waals surface area contributed by atoms with Gasteiger partial charge < -0.3 is 15.1 Å². The molecule has 4 amide bonds. The number of amides is 4. The summed E-state index contributed by atoms with van der Waals surface area (Å²) in [5.41, 5.74) is 1.04. The van der Waals surface area contributed by atoms with Crippen LogP contribution in [-0.2, 0) is 9.59 Å². The van der Waals surface area contributed by atoms with Crippen LogP contribution >= 0.6 is 23.2 Å². The number of rotatable bonds is 4. The van der Waals surface area contributed by atoms with Crippen LogP contribution in [0.3, 0.4) is 0 Å². The molecule has 2 aliphatic rings. The molecule has 27 heavy (non-hydrogen) atoms. The van der Waals surface area contributed by atoms with E-state index in [0.717, 1.165) is 11.3 Å². The van der Waals surface area contributed by atoms with Crippen LogP contribution in [0, 0.1) is 6.92 Å². The first-order valence-electron chi connectivity index (χ1n) is 8.81. The summed E-state index contributed by atoms with van der Waals surface area (Å²) in [6.45, 7) is 6.18. The third-order valence-electron chi connectivity index (χ3n) is 5.17. The van der Waals surface area contributed by atoms with Gasteiger partial charge in [0.1, 0.15) is 5.54 Å². The van der Waals surface area contributed by atoms with Crippen molar-refractivity contribution in [2.45, 2.75) is 32.2 Å². The highest BCUT2D eigenvalue weighted by molar-refractivity contribution is 6.42. The smallest absolute Gasteiger partial charge is 0.322 e. The number of benzene rings is 1. The van der Waals surface area contributed by atoms with Crippen LogP contribution < -0.4 is 15.5 Å². The Bertz CT molecular complexity index is 793. The van der Waals surface area contributed by atoms with E-state index in [1.807, 2.05) is 19.1 Å². The van der Waals surface area contributed by atoms with Crippen molar-refractivity contribution < 1.29 is 14.4 Å². The van der Waals surface area contributed by atoms with E-state index in [1.165, 1.54) is 0 Å². The van der Waals surface area contributed by atoms with E-state index in [1.54, 1.807) is 11.8 Å². The molecular formula is C18H22Cl2N4O3. The average molecular weight is 413 g/mol. The zero-order valence-corrected chi connectivity index (χ0v) is 16.8. The number of halogens is 2.